The van der Waals surface area contributed by atoms with Gasteiger partial charge in [-0.1, -0.05) is 36.4 Å². The fourth-order valence-electron chi connectivity index (χ4n) is 1.62. The second-order valence-electron chi connectivity index (χ2n) is 3.97. The van der Waals surface area contributed by atoms with E-state index in [9.17, 15) is 4.79 Å². The van der Waals surface area contributed by atoms with Crippen LogP contribution >= 0.6 is 0 Å². The normalized spacial score (nSPS) is 10.4. The standard InChI is InChI=1S/C16H15NO2/c1-19-15-9-5-8-14(12-15)17-16(18)11-10-13-6-3-2-4-7-13/h2-12H,1H3,(H,17,18)/b11-10-. The average molecular weight is 253 g/mol. The topological polar surface area (TPSA) is 38.3 Å². The van der Waals surface area contributed by atoms with Gasteiger partial charge in [0.15, 0.2) is 0 Å². The molecule has 0 aliphatic heterocycles. The van der Waals surface area contributed by atoms with Gasteiger partial charge >= 0.3 is 0 Å². The van der Waals surface area contributed by atoms with Crippen molar-refractivity contribution in [1.29, 1.82) is 0 Å². The van der Waals surface area contributed by atoms with Gasteiger partial charge in [-0.15, -0.1) is 0 Å². The molecule has 0 bridgehead atoms. The zero-order chi connectivity index (χ0) is 13.5. The number of carbonyl (C=O) groups excluding carboxylic acids is 1. The Morgan fingerprint density at radius 1 is 1.11 bits per heavy atom. The van der Waals surface area contributed by atoms with Gasteiger partial charge in [0.05, 0.1) is 7.11 Å². The highest BCUT2D eigenvalue weighted by atomic mass is 16.5. The second-order valence-corrected chi connectivity index (χ2v) is 3.97. The van der Waals surface area contributed by atoms with E-state index in [0.717, 1.165) is 5.56 Å². The van der Waals surface area contributed by atoms with Gasteiger partial charge in [0, 0.05) is 17.8 Å². The lowest BCUT2D eigenvalue weighted by molar-refractivity contribution is -0.111. The number of amides is 1. The first-order valence-corrected chi connectivity index (χ1v) is 5.96. The van der Waals surface area contributed by atoms with E-state index in [2.05, 4.69) is 5.32 Å². The summed E-state index contributed by atoms with van der Waals surface area (Å²) >= 11 is 0. The number of methoxy groups -OCH3 is 1. The van der Waals surface area contributed by atoms with E-state index >= 15 is 0 Å². The molecule has 19 heavy (non-hydrogen) atoms. The Morgan fingerprint density at radius 2 is 1.89 bits per heavy atom. The molecule has 2 rings (SSSR count). The smallest absolute Gasteiger partial charge is 0.248 e. The Bertz CT molecular complexity index is 576. The van der Waals surface area contributed by atoms with Crippen molar-refractivity contribution in [3.05, 3.63) is 66.2 Å². The van der Waals surface area contributed by atoms with Gasteiger partial charge in [-0.05, 0) is 23.8 Å². The molecule has 0 radical (unpaired) electrons. The van der Waals surface area contributed by atoms with Crippen LogP contribution in [-0.4, -0.2) is 13.0 Å². The molecule has 0 saturated carbocycles. The SMILES string of the molecule is COc1cccc(NC(=O)/C=C\c2ccccc2)c1. The largest absolute Gasteiger partial charge is 0.497 e. The molecular weight excluding hydrogens is 238 g/mol. The summed E-state index contributed by atoms with van der Waals surface area (Å²) in [6.45, 7) is 0. The molecule has 0 aromatic heterocycles. The molecule has 0 spiro atoms. The summed E-state index contributed by atoms with van der Waals surface area (Å²) in [6, 6.07) is 16.9. The molecule has 2 aromatic rings. The van der Waals surface area contributed by atoms with Crippen LogP contribution in [0, 0.1) is 0 Å². The Hall–Kier alpha value is -2.55. The number of benzene rings is 2. The number of hydrogen-bond acceptors (Lipinski definition) is 2. The predicted molar refractivity (Wildman–Crippen MR) is 77.1 cm³/mol. The van der Waals surface area contributed by atoms with Crippen molar-refractivity contribution >= 4 is 17.7 Å². The molecule has 1 amide bonds. The fraction of sp³-hybridized carbons (Fsp3) is 0.0625. The minimum absolute atomic E-state index is 0.169. The minimum Gasteiger partial charge on any atom is -0.497 e. The van der Waals surface area contributed by atoms with Crippen molar-refractivity contribution in [3.8, 4) is 5.75 Å². The quantitative estimate of drug-likeness (QED) is 0.849. The number of hydrogen-bond donors (Lipinski definition) is 1. The summed E-state index contributed by atoms with van der Waals surface area (Å²) in [7, 11) is 1.59. The van der Waals surface area contributed by atoms with E-state index in [1.807, 2.05) is 48.5 Å². The number of rotatable bonds is 4. The maximum absolute atomic E-state index is 11.7. The van der Waals surface area contributed by atoms with Gasteiger partial charge in [0.1, 0.15) is 5.75 Å². The summed E-state index contributed by atoms with van der Waals surface area (Å²) in [5, 5.41) is 2.78. The number of ether oxygens (including phenoxy) is 1. The van der Waals surface area contributed by atoms with Gasteiger partial charge in [-0.2, -0.15) is 0 Å². The maximum atomic E-state index is 11.7. The summed E-state index contributed by atoms with van der Waals surface area (Å²) < 4.78 is 5.10. The number of anilines is 1. The first-order chi connectivity index (χ1) is 9.28. The molecule has 0 fully saturated rings. The fourth-order valence-corrected chi connectivity index (χ4v) is 1.62. The molecule has 3 nitrogen and oxygen atoms in total. The van der Waals surface area contributed by atoms with Crippen LogP contribution in [0.15, 0.2) is 60.7 Å². The first-order valence-electron chi connectivity index (χ1n) is 5.96. The van der Waals surface area contributed by atoms with Crippen molar-refractivity contribution in [3.63, 3.8) is 0 Å². The first kappa shape index (κ1) is 12.9. The number of nitrogens with one attached hydrogen (secondary N) is 1. The van der Waals surface area contributed by atoms with Crippen LogP contribution < -0.4 is 10.1 Å². The van der Waals surface area contributed by atoms with Gasteiger partial charge in [0.25, 0.3) is 0 Å². The van der Waals surface area contributed by atoms with Crippen LogP contribution in [0.1, 0.15) is 5.56 Å². The third-order valence-electron chi connectivity index (χ3n) is 2.56. The molecule has 3 heteroatoms. The van der Waals surface area contributed by atoms with Crippen LogP contribution in [0.5, 0.6) is 5.75 Å². The van der Waals surface area contributed by atoms with Crippen molar-refractivity contribution in [1.82, 2.24) is 0 Å². The highest BCUT2D eigenvalue weighted by Gasteiger charge is 1.99. The average Bonchev–Trinajstić information content (AvgIpc) is 2.46. The molecule has 96 valence electrons. The Kier molecular flexibility index (Phi) is 4.34. The molecule has 0 heterocycles. The third kappa shape index (κ3) is 4.00. The lowest BCUT2D eigenvalue weighted by Gasteiger charge is -2.04. The van der Waals surface area contributed by atoms with E-state index < -0.39 is 0 Å². The van der Waals surface area contributed by atoms with Gasteiger partial charge in [-0.25, -0.2) is 0 Å². The number of carbonyl (C=O) groups is 1. The Morgan fingerprint density at radius 3 is 2.63 bits per heavy atom. The van der Waals surface area contributed by atoms with Crippen LogP contribution in [0.3, 0.4) is 0 Å². The lowest BCUT2D eigenvalue weighted by atomic mass is 10.2. The van der Waals surface area contributed by atoms with Gasteiger partial charge < -0.3 is 10.1 Å². The molecule has 1 N–H and O–H groups in total. The highest BCUT2D eigenvalue weighted by molar-refractivity contribution is 6.02. The summed E-state index contributed by atoms with van der Waals surface area (Å²) in [5.74, 6) is 0.543. The zero-order valence-electron chi connectivity index (χ0n) is 10.7. The van der Waals surface area contributed by atoms with E-state index in [1.165, 1.54) is 6.08 Å². The predicted octanol–water partition coefficient (Wildman–Crippen LogP) is 3.35. The zero-order valence-corrected chi connectivity index (χ0v) is 10.7. The molecule has 2 aromatic carbocycles. The van der Waals surface area contributed by atoms with E-state index in [0.29, 0.717) is 11.4 Å². The van der Waals surface area contributed by atoms with Crippen molar-refractivity contribution in [2.75, 3.05) is 12.4 Å². The molecule has 0 aliphatic rings. The van der Waals surface area contributed by atoms with Crippen LogP contribution in [0.4, 0.5) is 5.69 Å². The molecule has 0 aliphatic carbocycles. The van der Waals surface area contributed by atoms with Gasteiger partial charge in [-0.3, -0.25) is 4.79 Å². The lowest BCUT2D eigenvalue weighted by Crippen LogP contribution is -2.07. The van der Waals surface area contributed by atoms with Gasteiger partial charge in [0.2, 0.25) is 5.91 Å². The van der Waals surface area contributed by atoms with E-state index in [-0.39, 0.29) is 5.91 Å². The van der Waals surface area contributed by atoms with Crippen LogP contribution in [0.25, 0.3) is 6.08 Å². The second kappa shape index (κ2) is 6.40. The summed E-state index contributed by atoms with van der Waals surface area (Å²) in [6.07, 6.45) is 3.28. The monoisotopic (exact) mass is 253 g/mol. The van der Waals surface area contributed by atoms with Crippen molar-refractivity contribution in [2.24, 2.45) is 0 Å². The molecular formula is C16H15NO2. The highest BCUT2D eigenvalue weighted by Crippen LogP contribution is 2.16. The molecule has 0 saturated heterocycles. The summed E-state index contributed by atoms with van der Waals surface area (Å²) in [4.78, 5) is 11.7. The third-order valence-corrected chi connectivity index (χ3v) is 2.56. The van der Waals surface area contributed by atoms with Crippen molar-refractivity contribution in [2.45, 2.75) is 0 Å². The van der Waals surface area contributed by atoms with E-state index in [4.69, 9.17) is 4.74 Å². The van der Waals surface area contributed by atoms with Crippen LogP contribution in [-0.2, 0) is 4.79 Å². The van der Waals surface area contributed by atoms with Crippen LogP contribution in [0.2, 0.25) is 0 Å². The molecule has 0 unspecified atom stereocenters. The Balaban J connectivity index is 1.99. The minimum atomic E-state index is -0.169. The maximum Gasteiger partial charge on any atom is 0.248 e. The van der Waals surface area contributed by atoms with Crippen molar-refractivity contribution < 1.29 is 9.53 Å². The summed E-state index contributed by atoms with van der Waals surface area (Å²) in [5.41, 5.74) is 1.70. The van der Waals surface area contributed by atoms with E-state index in [1.54, 1.807) is 19.3 Å². The Labute approximate surface area is 112 Å². The molecule has 0 atom stereocenters.